The molecule has 0 aromatic rings. The van der Waals surface area contributed by atoms with E-state index < -0.39 is 76.0 Å². The minimum Gasteiger partial charge on any atom is -0.480 e. The number of nitrogens with two attached hydrogens (primary N) is 1. The lowest BCUT2D eigenvalue weighted by molar-refractivity contribution is -0.161. The summed E-state index contributed by atoms with van der Waals surface area (Å²) in [6, 6.07) is -1.56. The summed E-state index contributed by atoms with van der Waals surface area (Å²) in [5, 5.41) is 40.2. The Labute approximate surface area is 341 Å². The first-order valence-corrected chi connectivity index (χ1v) is 23.1. The van der Waals surface area contributed by atoms with Gasteiger partial charge in [0, 0.05) is 25.2 Å². The van der Waals surface area contributed by atoms with Crippen LogP contribution in [0.25, 0.3) is 0 Å². The number of carbonyl (C=O) groups excluding carboxylic acids is 2. The molecule has 0 aliphatic heterocycles. The Balaban J connectivity index is 2.53. The highest BCUT2D eigenvalue weighted by atomic mass is 31.2. The molecule has 1 unspecified atom stereocenters. The Bertz CT molecular complexity index is 1180. The molecule has 0 heterocycles. The third kappa shape index (κ3) is 27.3. The van der Waals surface area contributed by atoms with Gasteiger partial charge in [-0.25, -0.2) is 4.57 Å². The van der Waals surface area contributed by atoms with Gasteiger partial charge in [-0.15, -0.1) is 0 Å². The first-order chi connectivity index (χ1) is 27.3. The number of allylic oxidation sites excluding steroid dienone is 2. The van der Waals surface area contributed by atoms with Crippen molar-refractivity contribution in [2.24, 2.45) is 17.6 Å². The van der Waals surface area contributed by atoms with Crippen molar-refractivity contribution in [3.8, 4) is 0 Å². The Kier molecular flexibility index (Phi) is 30.3. The van der Waals surface area contributed by atoms with E-state index in [1.807, 2.05) is 18.2 Å². The quantitative estimate of drug-likeness (QED) is 0.0156. The highest BCUT2D eigenvalue weighted by Gasteiger charge is 2.39. The standard InChI is InChI=1S/C42H76NO13P/c1-3-5-7-8-9-10-11-12-13-14-15-16-21-25-40(47)53-30-34(31-54-57(51,52)55-32-37(43)42(49)50)56-41(48)26-22-18-17-20-24-35-36(39(46)29-38(35)45)28-27-33(44)23-19-6-4-2/h17,20,27-28,33-39,44-46H,3-16,18-19,21-26,29-32,43H2,1-2H3,(H,49,50)(H,51,52)/b20-17+,28-27+/t33-,34+,35+,36+,37-,38-,39+/m0/s1. The van der Waals surface area contributed by atoms with Gasteiger partial charge in [-0.2, -0.15) is 0 Å². The summed E-state index contributed by atoms with van der Waals surface area (Å²) in [6.07, 6.45) is 24.8. The fraction of sp³-hybridized carbons (Fsp3) is 0.833. The number of phosphoric acid groups is 1. The van der Waals surface area contributed by atoms with Gasteiger partial charge in [0.05, 0.1) is 31.5 Å². The maximum atomic E-state index is 12.7. The molecule has 57 heavy (non-hydrogen) atoms. The zero-order chi connectivity index (χ0) is 42.3. The first-order valence-electron chi connectivity index (χ1n) is 21.6. The van der Waals surface area contributed by atoms with Gasteiger partial charge in [-0.05, 0) is 38.0 Å². The maximum absolute atomic E-state index is 12.7. The fourth-order valence-electron chi connectivity index (χ4n) is 6.76. The molecule has 0 aromatic heterocycles. The summed E-state index contributed by atoms with van der Waals surface area (Å²) in [7, 11) is -4.78. The average molecular weight is 834 g/mol. The highest BCUT2D eigenvalue weighted by molar-refractivity contribution is 7.47. The van der Waals surface area contributed by atoms with Crippen molar-refractivity contribution in [1.29, 1.82) is 0 Å². The van der Waals surface area contributed by atoms with E-state index in [2.05, 4.69) is 18.4 Å². The first kappa shape index (κ1) is 52.9. The maximum Gasteiger partial charge on any atom is 0.472 e. The van der Waals surface area contributed by atoms with Crippen molar-refractivity contribution in [1.82, 2.24) is 0 Å². The largest absolute Gasteiger partial charge is 0.480 e. The molecular formula is C42H76NO13P. The van der Waals surface area contributed by atoms with E-state index in [0.29, 0.717) is 32.1 Å². The highest BCUT2D eigenvalue weighted by Crippen LogP contribution is 2.43. The van der Waals surface area contributed by atoms with E-state index >= 15 is 0 Å². The van der Waals surface area contributed by atoms with Gasteiger partial charge in [-0.1, -0.05) is 134 Å². The van der Waals surface area contributed by atoms with Gasteiger partial charge in [0.15, 0.2) is 6.10 Å². The van der Waals surface area contributed by atoms with Crippen LogP contribution in [0.4, 0.5) is 0 Å². The van der Waals surface area contributed by atoms with Crippen LogP contribution in [0.3, 0.4) is 0 Å². The number of aliphatic hydroxyl groups is 3. The molecule has 1 fully saturated rings. The number of aliphatic hydroxyl groups excluding tert-OH is 3. The lowest BCUT2D eigenvalue weighted by Crippen LogP contribution is -2.34. The Morgan fingerprint density at radius 3 is 1.93 bits per heavy atom. The number of hydrogen-bond donors (Lipinski definition) is 6. The summed E-state index contributed by atoms with van der Waals surface area (Å²) < 4.78 is 32.6. The van der Waals surface area contributed by atoms with Crippen molar-refractivity contribution in [3.05, 3.63) is 24.3 Å². The Morgan fingerprint density at radius 1 is 0.754 bits per heavy atom. The number of carbonyl (C=O) groups is 3. The lowest BCUT2D eigenvalue weighted by Gasteiger charge is -2.20. The van der Waals surface area contributed by atoms with Crippen LogP contribution in [0.5, 0.6) is 0 Å². The number of phosphoric ester groups is 1. The molecule has 0 aromatic carbocycles. The smallest absolute Gasteiger partial charge is 0.472 e. The number of ether oxygens (including phenoxy) is 2. The monoisotopic (exact) mass is 834 g/mol. The third-order valence-corrected chi connectivity index (χ3v) is 11.2. The normalized spacial score (nSPS) is 21.1. The third-order valence-electron chi connectivity index (χ3n) is 10.3. The summed E-state index contributed by atoms with van der Waals surface area (Å²) in [5.41, 5.74) is 5.32. The van der Waals surface area contributed by atoms with E-state index in [9.17, 15) is 39.2 Å². The molecule has 1 rings (SSSR count). The van der Waals surface area contributed by atoms with Gasteiger partial charge >= 0.3 is 25.7 Å². The Hall–Kier alpha value is -2.16. The van der Waals surface area contributed by atoms with Crippen LogP contribution in [-0.4, -0.2) is 93.5 Å². The topological polar surface area (TPSA) is 232 Å². The van der Waals surface area contributed by atoms with Gasteiger partial charge in [0.2, 0.25) is 0 Å². The minimum absolute atomic E-state index is 0.0133. The second-order valence-electron chi connectivity index (χ2n) is 15.5. The number of hydrogen-bond acceptors (Lipinski definition) is 12. The molecule has 8 atom stereocenters. The van der Waals surface area contributed by atoms with Crippen LogP contribution in [-0.2, 0) is 37.5 Å². The molecular weight excluding hydrogens is 757 g/mol. The average Bonchev–Trinajstić information content (AvgIpc) is 3.44. The van der Waals surface area contributed by atoms with Crippen molar-refractivity contribution >= 4 is 25.7 Å². The van der Waals surface area contributed by atoms with Gasteiger partial charge in [0.25, 0.3) is 0 Å². The van der Waals surface area contributed by atoms with Crippen LogP contribution in [0.2, 0.25) is 0 Å². The summed E-state index contributed by atoms with van der Waals surface area (Å²) in [4.78, 5) is 46.1. The minimum atomic E-state index is -4.78. The zero-order valence-corrected chi connectivity index (χ0v) is 35.7. The molecule has 1 aliphatic rings. The summed E-state index contributed by atoms with van der Waals surface area (Å²) in [6.45, 7) is 2.45. The molecule has 0 amide bonds. The number of carboxylic acid groups (broad SMARTS) is 1. The van der Waals surface area contributed by atoms with Gasteiger partial charge in [-0.3, -0.25) is 23.4 Å². The van der Waals surface area contributed by atoms with Crippen molar-refractivity contribution < 1.29 is 62.8 Å². The molecule has 332 valence electrons. The Morgan fingerprint density at radius 2 is 1.32 bits per heavy atom. The molecule has 0 radical (unpaired) electrons. The molecule has 15 heteroatoms. The number of carboxylic acids is 1. The van der Waals surface area contributed by atoms with Crippen LogP contribution >= 0.6 is 7.82 Å². The van der Waals surface area contributed by atoms with E-state index in [0.717, 1.165) is 38.5 Å². The lowest BCUT2D eigenvalue weighted by atomic mass is 9.89. The van der Waals surface area contributed by atoms with E-state index in [-0.39, 0.29) is 31.1 Å². The second-order valence-corrected chi connectivity index (χ2v) is 16.9. The van der Waals surface area contributed by atoms with Crippen LogP contribution in [0.15, 0.2) is 24.3 Å². The number of esters is 2. The van der Waals surface area contributed by atoms with E-state index in [1.165, 1.54) is 57.8 Å². The van der Waals surface area contributed by atoms with E-state index in [1.54, 1.807) is 6.08 Å². The zero-order valence-electron chi connectivity index (χ0n) is 34.8. The van der Waals surface area contributed by atoms with Crippen LogP contribution in [0.1, 0.15) is 162 Å². The number of aliphatic carboxylic acids is 1. The predicted octanol–water partition coefficient (Wildman–Crippen LogP) is 7.44. The molecule has 0 spiro atoms. The molecule has 0 bridgehead atoms. The van der Waals surface area contributed by atoms with Crippen molar-refractivity contribution in [2.75, 3.05) is 19.8 Å². The second kappa shape index (κ2) is 32.7. The summed E-state index contributed by atoms with van der Waals surface area (Å²) >= 11 is 0. The predicted molar refractivity (Wildman–Crippen MR) is 219 cm³/mol. The van der Waals surface area contributed by atoms with E-state index in [4.69, 9.17) is 24.8 Å². The van der Waals surface area contributed by atoms with Gasteiger partial charge < -0.3 is 40.5 Å². The van der Waals surface area contributed by atoms with Crippen molar-refractivity contribution in [3.63, 3.8) is 0 Å². The van der Waals surface area contributed by atoms with Crippen LogP contribution in [0, 0.1) is 11.8 Å². The summed E-state index contributed by atoms with van der Waals surface area (Å²) in [5.74, 6) is -3.08. The van der Waals surface area contributed by atoms with Gasteiger partial charge in [0.1, 0.15) is 12.6 Å². The number of unbranched alkanes of at least 4 members (excludes halogenated alkanes) is 15. The molecule has 14 nitrogen and oxygen atoms in total. The van der Waals surface area contributed by atoms with Crippen molar-refractivity contribution in [2.45, 2.75) is 192 Å². The SMILES string of the molecule is CCCCCCCCCCCCCCCC(=O)OC[C@H](COP(=O)(O)OC[C@H](N)C(=O)O)OC(=O)CCC/C=C/C[C@@H]1[C@@H](/C=C/[C@@H](O)CCCCC)[C@H](O)C[C@@H]1O. The number of rotatable bonds is 36. The van der Waals surface area contributed by atoms with Crippen LogP contribution < -0.4 is 5.73 Å². The molecule has 1 aliphatic carbocycles. The molecule has 1 saturated carbocycles. The molecule has 7 N–H and O–H groups in total. The molecule has 0 saturated heterocycles. The fourth-order valence-corrected chi connectivity index (χ4v) is 7.54.